The van der Waals surface area contributed by atoms with E-state index in [1.807, 2.05) is 6.41 Å². The van der Waals surface area contributed by atoms with E-state index in [4.69, 9.17) is 9.47 Å². The summed E-state index contributed by atoms with van der Waals surface area (Å²) in [4.78, 5) is 10.6. The Labute approximate surface area is 199 Å². The molecule has 2 aromatic rings. The van der Waals surface area contributed by atoms with E-state index >= 15 is 0 Å². The Balaban J connectivity index is 0.000000166. The fraction of sp³-hybridized carbons (Fsp3) is 0.500. The first kappa shape index (κ1) is 23.3. The first-order valence-electron chi connectivity index (χ1n) is 9.72. The average molecular weight is 440 g/mol. The standard InChI is InChI=1S/C13H14NO.C7H9N2O4S.Na/c15-8-14-13-11-5-1-3-9(11)7-10-4-2-6-12(10)13;1-12-5-3-9-7(13-4-5)6(2-8-9)14(10)11;/h7H,1-6H2,(H,14,15);2,5H,3-4H2,1H3;/q2*-1;+1/t;5-;/m.1./s1. The van der Waals surface area contributed by atoms with E-state index in [9.17, 15) is 13.2 Å². The van der Waals surface area contributed by atoms with Gasteiger partial charge in [-0.3, -0.25) is 0 Å². The third-order valence-corrected chi connectivity index (χ3v) is 6.34. The number of anilines is 1. The second kappa shape index (κ2) is 10.3. The molecule has 0 saturated heterocycles. The van der Waals surface area contributed by atoms with Gasteiger partial charge in [-0.2, -0.15) is 5.10 Å². The summed E-state index contributed by atoms with van der Waals surface area (Å²) in [5, 5.41) is 6.70. The van der Waals surface area contributed by atoms with Crippen LogP contribution in [0, 0.1) is 0 Å². The van der Waals surface area contributed by atoms with Crippen LogP contribution in [0.4, 0.5) is 5.69 Å². The number of rotatable bonds is 4. The molecule has 1 atom stereocenters. The Hall–Kier alpha value is -1.39. The van der Waals surface area contributed by atoms with Crippen LogP contribution < -0.4 is 39.6 Å². The fourth-order valence-electron chi connectivity index (χ4n) is 4.33. The molecular weight excluding hydrogens is 417 g/mol. The summed E-state index contributed by atoms with van der Waals surface area (Å²) in [6.45, 7) is 0.870. The number of methoxy groups -OCH3 is 1. The van der Waals surface area contributed by atoms with Crippen molar-refractivity contribution in [2.24, 2.45) is 0 Å². The van der Waals surface area contributed by atoms with Gasteiger partial charge in [-0.1, -0.05) is 17.2 Å². The van der Waals surface area contributed by atoms with Gasteiger partial charge in [0.2, 0.25) is 0 Å². The Kier molecular flexibility index (Phi) is 7.98. The SMILES string of the molecule is CO[C@H]1COc2c([S-](=O)=O)cnn2C1.O=[C-]Nc1c2c(cc3c1CCC3)CCC2.[Na+]. The summed E-state index contributed by atoms with van der Waals surface area (Å²) in [6, 6.07) is 2.36. The molecule has 0 spiro atoms. The molecule has 2 heterocycles. The molecule has 0 bridgehead atoms. The number of benzene rings is 1. The van der Waals surface area contributed by atoms with Gasteiger partial charge in [-0.05, 0) is 49.2 Å². The maximum Gasteiger partial charge on any atom is 1.00 e. The number of ether oxygens (including phenoxy) is 2. The zero-order valence-corrected chi connectivity index (χ0v) is 20.0. The largest absolute Gasteiger partial charge is 1.00 e. The van der Waals surface area contributed by atoms with Crippen LogP contribution in [-0.4, -0.2) is 36.0 Å². The molecule has 1 aromatic carbocycles. The molecule has 156 valence electrons. The van der Waals surface area contributed by atoms with Gasteiger partial charge in [0.25, 0.3) is 0 Å². The van der Waals surface area contributed by atoms with Crippen LogP contribution in [-0.2, 0) is 60.9 Å². The molecule has 0 unspecified atom stereocenters. The molecule has 2 aliphatic carbocycles. The van der Waals surface area contributed by atoms with E-state index < -0.39 is 10.7 Å². The smallest absolute Gasteiger partial charge is 0.490 e. The number of aryl methyl sites for hydroxylation is 2. The van der Waals surface area contributed by atoms with Gasteiger partial charge in [0.05, 0.1) is 13.0 Å². The molecular formula is C20H23N3NaO5S-. The van der Waals surface area contributed by atoms with E-state index in [0.717, 1.165) is 18.5 Å². The van der Waals surface area contributed by atoms with Gasteiger partial charge in [-0.15, -0.1) is 16.8 Å². The predicted molar refractivity (Wildman–Crippen MR) is 105 cm³/mol. The van der Waals surface area contributed by atoms with Crippen LogP contribution in [0.1, 0.15) is 35.1 Å². The van der Waals surface area contributed by atoms with Crippen molar-refractivity contribution in [1.29, 1.82) is 0 Å². The van der Waals surface area contributed by atoms with Gasteiger partial charge >= 0.3 is 29.6 Å². The first-order chi connectivity index (χ1) is 14.1. The van der Waals surface area contributed by atoms with E-state index in [1.54, 1.807) is 7.11 Å². The van der Waals surface area contributed by atoms with Crippen LogP contribution in [0.3, 0.4) is 0 Å². The molecule has 3 aliphatic rings. The fourth-order valence-corrected chi connectivity index (χ4v) is 4.77. The van der Waals surface area contributed by atoms with Gasteiger partial charge < -0.3 is 28.0 Å². The minimum absolute atomic E-state index is 0. The van der Waals surface area contributed by atoms with Crippen LogP contribution in [0.15, 0.2) is 17.2 Å². The number of hydrogen-bond acceptors (Lipinski definition) is 7. The maximum absolute atomic E-state index is 10.7. The van der Waals surface area contributed by atoms with Crippen molar-refractivity contribution in [2.75, 3.05) is 19.0 Å². The number of aromatic nitrogens is 2. The summed E-state index contributed by atoms with van der Waals surface area (Å²) >= 11 is 0. The van der Waals surface area contributed by atoms with Crippen molar-refractivity contribution < 1.29 is 52.2 Å². The van der Waals surface area contributed by atoms with E-state index in [2.05, 4.69) is 16.5 Å². The molecule has 5 rings (SSSR count). The minimum atomic E-state index is -2.30. The van der Waals surface area contributed by atoms with Gasteiger partial charge in [0.15, 0.2) is 5.88 Å². The van der Waals surface area contributed by atoms with Crippen LogP contribution in [0.2, 0.25) is 0 Å². The Morgan fingerprint density at radius 1 is 1.20 bits per heavy atom. The average Bonchev–Trinajstić information content (AvgIpc) is 3.46. The molecule has 30 heavy (non-hydrogen) atoms. The Bertz CT molecular complexity index is 965. The number of nitrogens with one attached hydrogen (secondary N) is 1. The third kappa shape index (κ3) is 4.60. The van der Waals surface area contributed by atoms with Crippen molar-refractivity contribution in [3.05, 3.63) is 34.5 Å². The second-order valence-electron chi connectivity index (χ2n) is 7.36. The molecule has 1 amide bonds. The number of hydrogen-bond donors (Lipinski definition) is 1. The minimum Gasteiger partial charge on any atom is -0.490 e. The van der Waals surface area contributed by atoms with Crippen molar-refractivity contribution in [3.8, 4) is 5.88 Å². The van der Waals surface area contributed by atoms with E-state index in [-0.39, 0.29) is 40.6 Å². The van der Waals surface area contributed by atoms with Crippen LogP contribution in [0.5, 0.6) is 5.88 Å². The topological polar surface area (TPSA) is 99.5 Å². The molecule has 1 aromatic heterocycles. The Morgan fingerprint density at radius 2 is 1.87 bits per heavy atom. The number of carbonyl (C=O) groups excluding carboxylic acids is 1. The quantitative estimate of drug-likeness (QED) is 0.287. The molecule has 8 nitrogen and oxygen atoms in total. The molecule has 1 N–H and O–H groups in total. The monoisotopic (exact) mass is 440 g/mol. The van der Waals surface area contributed by atoms with Gasteiger partial charge in [-0.25, -0.2) is 4.68 Å². The summed E-state index contributed by atoms with van der Waals surface area (Å²) < 4.78 is 33.2. The van der Waals surface area contributed by atoms with Crippen LogP contribution >= 0.6 is 0 Å². The van der Waals surface area contributed by atoms with Crippen LogP contribution in [0.25, 0.3) is 0 Å². The third-order valence-electron chi connectivity index (χ3n) is 5.70. The Morgan fingerprint density at radius 3 is 2.43 bits per heavy atom. The zero-order chi connectivity index (χ0) is 20.4. The molecule has 1 aliphatic heterocycles. The number of nitrogens with zero attached hydrogens (tertiary/aromatic N) is 2. The van der Waals surface area contributed by atoms with Crippen molar-refractivity contribution in [1.82, 2.24) is 9.78 Å². The molecule has 10 heteroatoms. The summed E-state index contributed by atoms with van der Waals surface area (Å²) in [6.07, 6.45) is 10.1. The summed E-state index contributed by atoms with van der Waals surface area (Å²) in [5.74, 6) is 0.298. The number of amides is 1. The van der Waals surface area contributed by atoms with Crippen molar-refractivity contribution in [2.45, 2.75) is 56.1 Å². The van der Waals surface area contributed by atoms with E-state index in [0.29, 0.717) is 19.0 Å². The summed E-state index contributed by atoms with van der Waals surface area (Å²) in [5.41, 5.74) is 6.74. The second-order valence-corrected chi connectivity index (χ2v) is 8.27. The van der Waals surface area contributed by atoms with Gasteiger partial charge in [0.1, 0.15) is 12.7 Å². The van der Waals surface area contributed by atoms with Crippen molar-refractivity contribution >= 4 is 22.8 Å². The van der Waals surface area contributed by atoms with E-state index in [1.165, 1.54) is 58.8 Å². The molecule has 0 fully saturated rings. The molecule has 0 radical (unpaired) electrons. The normalized spacial score (nSPS) is 18.3. The van der Waals surface area contributed by atoms with Crippen molar-refractivity contribution in [3.63, 3.8) is 0 Å². The summed E-state index contributed by atoms with van der Waals surface area (Å²) in [7, 11) is -0.721. The zero-order valence-electron chi connectivity index (χ0n) is 17.2. The predicted octanol–water partition coefficient (Wildman–Crippen LogP) is -0.894. The van der Waals surface area contributed by atoms with Gasteiger partial charge in [0, 0.05) is 18.2 Å². The maximum atomic E-state index is 10.7. The molecule has 0 saturated carbocycles. The number of fused-ring (bicyclic) bond motifs is 3. The first-order valence-corrected chi connectivity index (χ1v) is 10.8.